The zero-order chi connectivity index (χ0) is 16.9. The molecule has 1 aromatic carbocycles. The van der Waals surface area contributed by atoms with Gasteiger partial charge in [-0.2, -0.15) is 0 Å². The molecule has 1 aliphatic heterocycles. The van der Waals surface area contributed by atoms with Crippen LogP contribution in [0.15, 0.2) is 30.6 Å². The standard InChI is InChI=1S/C16H18Cl2N4O2/c17-14-2-1-3-15(18)13(14)10-24-12-7-20-16(21-8-12)22-4-5-23-11(6-19)9-22/h1-3,7-8,11H,4-6,9-10,19H2. The fourth-order valence-electron chi connectivity index (χ4n) is 2.42. The van der Waals surface area contributed by atoms with Crippen LogP contribution >= 0.6 is 23.2 Å². The number of hydrogen-bond donors (Lipinski definition) is 1. The Morgan fingerprint density at radius 2 is 1.96 bits per heavy atom. The molecule has 0 aliphatic carbocycles. The number of nitrogens with two attached hydrogens (primary N) is 1. The number of ether oxygens (including phenoxy) is 2. The lowest BCUT2D eigenvalue weighted by Crippen LogP contribution is -2.46. The minimum atomic E-state index is 0.0145. The first-order valence-electron chi connectivity index (χ1n) is 7.61. The summed E-state index contributed by atoms with van der Waals surface area (Å²) in [5, 5.41) is 1.14. The van der Waals surface area contributed by atoms with E-state index in [2.05, 4.69) is 14.9 Å². The van der Waals surface area contributed by atoms with E-state index in [-0.39, 0.29) is 12.7 Å². The van der Waals surface area contributed by atoms with Crippen LogP contribution in [0.1, 0.15) is 5.56 Å². The topological polar surface area (TPSA) is 73.5 Å². The van der Waals surface area contributed by atoms with Crippen molar-refractivity contribution in [1.82, 2.24) is 9.97 Å². The van der Waals surface area contributed by atoms with E-state index in [4.69, 9.17) is 38.4 Å². The van der Waals surface area contributed by atoms with Gasteiger partial charge in [0.2, 0.25) is 5.95 Å². The molecule has 0 spiro atoms. The third-order valence-corrected chi connectivity index (χ3v) is 4.45. The molecule has 2 heterocycles. The van der Waals surface area contributed by atoms with E-state index in [1.807, 2.05) is 0 Å². The quantitative estimate of drug-likeness (QED) is 0.873. The molecule has 3 rings (SSSR count). The zero-order valence-electron chi connectivity index (χ0n) is 13.0. The molecule has 1 aliphatic rings. The molecule has 1 aromatic heterocycles. The molecule has 0 amide bonds. The van der Waals surface area contributed by atoms with Gasteiger partial charge in [-0.25, -0.2) is 9.97 Å². The minimum Gasteiger partial charge on any atom is -0.486 e. The van der Waals surface area contributed by atoms with Crippen LogP contribution in [-0.4, -0.2) is 42.3 Å². The Kier molecular flexibility index (Phi) is 5.73. The predicted molar refractivity (Wildman–Crippen MR) is 93.8 cm³/mol. The van der Waals surface area contributed by atoms with Gasteiger partial charge < -0.3 is 20.1 Å². The number of halogens is 2. The maximum absolute atomic E-state index is 6.13. The van der Waals surface area contributed by atoms with E-state index in [1.165, 1.54) is 0 Å². The Balaban J connectivity index is 1.62. The van der Waals surface area contributed by atoms with E-state index in [1.54, 1.807) is 30.6 Å². The van der Waals surface area contributed by atoms with Gasteiger partial charge >= 0.3 is 0 Å². The lowest BCUT2D eigenvalue weighted by molar-refractivity contribution is 0.0460. The smallest absolute Gasteiger partial charge is 0.225 e. The molecule has 1 atom stereocenters. The highest BCUT2D eigenvalue weighted by Gasteiger charge is 2.21. The summed E-state index contributed by atoms with van der Waals surface area (Å²) in [5.41, 5.74) is 6.39. The van der Waals surface area contributed by atoms with Crippen molar-refractivity contribution in [3.05, 3.63) is 46.2 Å². The Hall–Kier alpha value is -1.60. The first-order chi connectivity index (χ1) is 11.7. The van der Waals surface area contributed by atoms with Gasteiger partial charge in [0.1, 0.15) is 6.61 Å². The van der Waals surface area contributed by atoms with Crippen molar-refractivity contribution in [2.24, 2.45) is 5.73 Å². The molecule has 0 bridgehead atoms. The largest absolute Gasteiger partial charge is 0.486 e. The van der Waals surface area contributed by atoms with Gasteiger partial charge in [-0.1, -0.05) is 29.3 Å². The van der Waals surface area contributed by atoms with Gasteiger partial charge in [-0.3, -0.25) is 0 Å². The van der Waals surface area contributed by atoms with E-state index < -0.39 is 0 Å². The van der Waals surface area contributed by atoms with Crippen molar-refractivity contribution in [3.63, 3.8) is 0 Å². The van der Waals surface area contributed by atoms with E-state index in [0.29, 0.717) is 41.4 Å². The van der Waals surface area contributed by atoms with Crippen LogP contribution in [0, 0.1) is 0 Å². The molecular formula is C16H18Cl2N4O2. The number of hydrogen-bond acceptors (Lipinski definition) is 6. The van der Waals surface area contributed by atoms with Crippen LogP contribution < -0.4 is 15.4 Å². The van der Waals surface area contributed by atoms with Gasteiger partial charge in [0, 0.05) is 35.2 Å². The molecule has 6 nitrogen and oxygen atoms in total. The number of benzene rings is 1. The summed E-state index contributed by atoms with van der Waals surface area (Å²) < 4.78 is 11.2. The second kappa shape index (κ2) is 7.98. The lowest BCUT2D eigenvalue weighted by Gasteiger charge is -2.32. The van der Waals surface area contributed by atoms with Crippen molar-refractivity contribution in [2.45, 2.75) is 12.7 Å². The summed E-state index contributed by atoms with van der Waals surface area (Å²) in [4.78, 5) is 10.8. The fraction of sp³-hybridized carbons (Fsp3) is 0.375. The normalized spacial score (nSPS) is 17.8. The summed E-state index contributed by atoms with van der Waals surface area (Å²) in [6.45, 7) is 2.79. The predicted octanol–water partition coefficient (Wildman–Crippen LogP) is 2.53. The molecule has 24 heavy (non-hydrogen) atoms. The van der Waals surface area contributed by atoms with E-state index in [9.17, 15) is 0 Å². The molecule has 0 radical (unpaired) electrons. The van der Waals surface area contributed by atoms with Gasteiger partial charge in [0.15, 0.2) is 5.75 Å². The van der Waals surface area contributed by atoms with Crippen LogP contribution in [0.3, 0.4) is 0 Å². The molecular weight excluding hydrogens is 351 g/mol. The van der Waals surface area contributed by atoms with Crippen molar-refractivity contribution >= 4 is 29.2 Å². The third-order valence-electron chi connectivity index (χ3n) is 3.74. The molecule has 2 aromatic rings. The molecule has 128 valence electrons. The minimum absolute atomic E-state index is 0.0145. The third kappa shape index (κ3) is 4.08. The van der Waals surface area contributed by atoms with Crippen molar-refractivity contribution in [1.29, 1.82) is 0 Å². The average Bonchev–Trinajstić information content (AvgIpc) is 2.62. The summed E-state index contributed by atoms with van der Waals surface area (Å²) in [6.07, 6.45) is 3.29. The second-order valence-electron chi connectivity index (χ2n) is 5.38. The van der Waals surface area contributed by atoms with Crippen LogP contribution in [0.25, 0.3) is 0 Å². The fourth-order valence-corrected chi connectivity index (χ4v) is 2.92. The number of rotatable bonds is 5. The average molecular weight is 369 g/mol. The highest BCUT2D eigenvalue weighted by molar-refractivity contribution is 6.35. The lowest BCUT2D eigenvalue weighted by atomic mass is 10.2. The number of aromatic nitrogens is 2. The van der Waals surface area contributed by atoms with Gasteiger partial charge in [0.05, 0.1) is 25.1 Å². The van der Waals surface area contributed by atoms with Crippen LogP contribution in [0.2, 0.25) is 10.0 Å². The summed E-state index contributed by atoms with van der Waals surface area (Å²) in [6, 6.07) is 5.35. The van der Waals surface area contributed by atoms with E-state index >= 15 is 0 Å². The van der Waals surface area contributed by atoms with Crippen LogP contribution in [-0.2, 0) is 11.3 Å². The summed E-state index contributed by atoms with van der Waals surface area (Å²) in [5.74, 6) is 1.19. The Morgan fingerprint density at radius 3 is 2.62 bits per heavy atom. The first kappa shape index (κ1) is 17.2. The summed E-state index contributed by atoms with van der Waals surface area (Å²) >= 11 is 12.3. The Bertz CT molecular complexity index is 664. The van der Waals surface area contributed by atoms with Gasteiger partial charge in [-0.15, -0.1) is 0 Å². The van der Waals surface area contributed by atoms with Gasteiger partial charge in [0.25, 0.3) is 0 Å². The monoisotopic (exact) mass is 368 g/mol. The number of nitrogens with zero attached hydrogens (tertiary/aromatic N) is 3. The first-order valence-corrected chi connectivity index (χ1v) is 8.37. The van der Waals surface area contributed by atoms with Gasteiger partial charge in [-0.05, 0) is 12.1 Å². The highest BCUT2D eigenvalue weighted by Crippen LogP contribution is 2.25. The maximum Gasteiger partial charge on any atom is 0.225 e. The number of morpholine rings is 1. The van der Waals surface area contributed by atoms with Crippen molar-refractivity contribution in [2.75, 3.05) is 31.1 Å². The van der Waals surface area contributed by atoms with E-state index in [0.717, 1.165) is 12.1 Å². The van der Waals surface area contributed by atoms with Crippen molar-refractivity contribution in [3.8, 4) is 5.75 Å². The molecule has 1 saturated heterocycles. The zero-order valence-corrected chi connectivity index (χ0v) is 14.5. The Morgan fingerprint density at radius 1 is 1.25 bits per heavy atom. The highest BCUT2D eigenvalue weighted by atomic mass is 35.5. The molecule has 2 N–H and O–H groups in total. The number of anilines is 1. The maximum atomic E-state index is 6.13. The molecule has 1 fully saturated rings. The molecule has 0 saturated carbocycles. The molecule has 8 heteroatoms. The summed E-state index contributed by atoms with van der Waals surface area (Å²) in [7, 11) is 0. The Labute approximate surface area is 150 Å². The second-order valence-corrected chi connectivity index (χ2v) is 6.20. The van der Waals surface area contributed by atoms with Crippen LogP contribution in [0.4, 0.5) is 5.95 Å². The van der Waals surface area contributed by atoms with Crippen LogP contribution in [0.5, 0.6) is 5.75 Å². The molecule has 1 unspecified atom stereocenters. The van der Waals surface area contributed by atoms with Crippen molar-refractivity contribution < 1.29 is 9.47 Å². The SMILES string of the molecule is NCC1CN(c2ncc(OCc3c(Cl)cccc3Cl)cn2)CCO1.